The molecule has 2 heterocycles. The van der Waals surface area contributed by atoms with Crippen molar-refractivity contribution in [3.63, 3.8) is 0 Å². The molecule has 1 saturated heterocycles. The summed E-state index contributed by atoms with van der Waals surface area (Å²) in [4.78, 5) is 14.8. The number of nitrogens with one attached hydrogen (secondary N) is 1. The van der Waals surface area contributed by atoms with Crippen molar-refractivity contribution in [2.45, 2.75) is 31.4 Å². The first-order chi connectivity index (χ1) is 12.3. The van der Waals surface area contributed by atoms with Crippen molar-refractivity contribution in [3.05, 3.63) is 30.5 Å². The summed E-state index contributed by atoms with van der Waals surface area (Å²) >= 11 is 0. The molecule has 1 aromatic heterocycles. The Morgan fingerprint density at radius 2 is 2.24 bits per heavy atom. The molecule has 6 nitrogen and oxygen atoms in total. The van der Waals surface area contributed by atoms with Crippen molar-refractivity contribution in [1.29, 1.82) is 0 Å². The van der Waals surface area contributed by atoms with Gasteiger partial charge in [0.05, 0.1) is 31.6 Å². The first-order valence-corrected chi connectivity index (χ1v) is 8.91. The van der Waals surface area contributed by atoms with Crippen LogP contribution in [0.15, 0.2) is 34.9 Å². The molecule has 25 heavy (non-hydrogen) atoms. The first-order valence-electron chi connectivity index (χ1n) is 8.91. The predicted octanol–water partition coefficient (Wildman–Crippen LogP) is 3.48. The van der Waals surface area contributed by atoms with Gasteiger partial charge in [-0.1, -0.05) is 6.42 Å². The number of nitrogens with zero attached hydrogens (tertiary/aromatic N) is 1. The van der Waals surface area contributed by atoms with E-state index in [2.05, 4.69) is 5.32 Å². The molecular weight excluding hydrogens is 320 g/mol. The van der Waals surface area contributed by atoms with Crippen LogP contribution in [0.1, 0.15) is 19.3 Å². The fourth-order valence-electron chi connectivity index (χ4n) is 4.14. The molecule has 0 spiro atoms. The zero-order valence-corrected chi connectivity index (χ0v) is 14.4. The Kier molecular flexibility index (Phi) is 4.63. The van der Waals surface area contributed by atoms with E-state index in [0.717, 1.165) is 35.9 Å². The lowest BCUT2D eigenvalue weighted by atomic mass is 9.94. The Bertz CT molecular complexity index is 744. The van der Waals surface area contributed by atoms with Crippen LogP contribution in [0.5, 0.6) is 0 Å². The van der Waals surface area contributed by atoms with E-state index in [1.165, 1.54) is 0 Å². The number of fused-ring (bicyclic) bond motifs is 1. The van der Waals surface area contributed by atoms with Crippen LogP contribution in [0.3, 0.4) is 0 Å². The molecule has 3 atom stereocenters. The lowest BCUT2D eigenvalue weighted by molar-refractivity contribution is -0.0379. The summed E-state index contributed by atoms with van der Waals surface area (Å²) in [5.74, 6) is 0.337. The van der Waals surface area contributed by atoms with Gasteiger partial charge in [-0.05, 0) is 31.0 Å². The molecule has 6 heteroatoms. The maximum absolute atomic E-state index is 12.9. The molecule has 2 aromatic rings. The van der Waals surface area contributed by atoms with Gasteiger partial charge >= 0.3 is 6.03 Å². The molecule has 1 aliphatic heterocycles. The van der Waals surface area contributed by atoms with E-state index in [-0.39, 0.29) is 18.2 Å². The topological polar surface area (TPSA) is 63.9 Å². The molecule has 1 aliphatic carbocycles. The number of anilines is 1. The Labute approximate surface area is 147 Å². The van der Waals surface area contributed by atoms with Crippen molar-refractivity contribution < 1.29 is 18.7 Å². The minimum Gasteiger partial charge on any atom is -0.464 e. The summed E-state index contributed by atoms with van der Waals surface area (Å²) in [5.41, 5.74) is 1.51. The van der Waals surface area contributed by atoms with Gasteiger partial charge in [0.15, 0.2) is 0 Å². The molecule has 2 fully saturated rings. The molecule has 1 saturated carbocycles. The highest BCUT2D eigenvalue weighted by molar-refractivity contribution is 5.92. The second-order valence-electron chi connectivity index (χ2n) is 6.81. The van der Waals surface area contributed by atoms with Gasteiger partial charge in [-0.3, -0.25) is 0 Å². The average Bonchev–Trinajstić information content (AvgIpc) is 3.30. The van der Waals surface area contributed by atoms with Crippen LogP contribution in [0, 0.1) is 5.92 Å². The summed E-state index contributed by atoms with van der Waals surface area (Å²) < 4.78 is 16.7. The van der Waals surface area contributed by atoms with Gasteiger partial charge in [0.25, 0.3) is 0 Å². The van der Waals surface area contributed by atoms with E-state index in [1.54, 1.807) is 13.4 Å². The third-order valence-electron chi connectivity index (χ3n) is 5.43. The van der Waals surface area contributed by atoms with Gasteiger partial charge in [-0.25, -0.2) is 4.79 Å². The van der Waals surface area contributed by atoms with Crippen molar-refractivity contribution >= 4 is 22.7 Å². The van der Waals surface area contributed by atoms with E-state index in [9.17, 15) is 4.79 Å². The molecule has 0 radical (unpaired) electrons. The Balaban J connectivity index is 1.50. The average molecular weight is 344 g/mol. The molecule has 0 bridgehead atoms. The number of benzene rings is 1. The van der Waals surface area contributed by atoms with E-state index in [4.69, 9.17) is 13.9 Å². The number of hydrogen-bond acceptors (Lipinski definition) is 4. The summed E-state index contributed by atoms with van der Waals surface area (Å²) in [6.07, 6.45) is 5.14. The van der Waals surface area contributed by atoms with Gasteiger partial charge in [-0.15, -0.1) is 0 Å². The number of amides is 2. The highest BCUT2D eigenvalue weighted by atomic mass is 16.5. The zero-order chi connectivity index (χ0) is 17.2. The van der Waals surface area contributed by atoms with Crippen LogP contribution >= 0.6 is 0 Å². The maximum Gasteiger partial charge on any atom is 0.322 e. The third-order valence-corrected chi connectivity index (χ3v) is 5.43. The monoisotopic (exact) mass is 344 g/mol. The van der Waals surface area contributed by atoms with Gasteiger partial charge in [0.1, 0.15) is 5.58 Å². The van der Waals surface area contributed by atoms with E-state index in [1.807, 2.05) is 29.2 Å². The summed E-state index contributed by atoms with van der Waals surface area (Å²) in [6, 6.07) is 7.59. The van der Waals surface area contributed by atoms with Crippen LogP contribution < -0.4 is 5.32 Å². The zero-order valence-electron chi connectivity index (χ0n) is 14.4. The Hall–Kier alpha value is -2.05. The number of rotatable bonds is 3. The summed E-state index contributed by atoms with van der Waals surface area (Å²) in [6.45, 7) is 1.76. The molecule has 4 rings (SSSR count). The minimum atomic E-state index is -0.0824. The number of carbonyl (C=O) groups is 1. The SMILES string of the molecule is CO[C@@H]1CCC[C@@H]1[C@H]1COCCN1C(=O)Nc1ccc2ccoc2c1. The van der Waals surface area contributed by atoms with Crippen molar-refractivity contribution in [2.24, 2.45) is 5.92 Å². The van der Waals surface area contributed by atoms with Crippen LogP contribution in [-0.4, -0.2) is 49.9 Å². The number of ether oxygens (including phenoxy) is 2. The van der Waals surface area contributed by atoms with Crippen LogP contribution in [0.2, 0.25) is 0 Å². The normalized spacial score (nSPS) is 26.9. The fraction of sp³-hybridized carbons (Fsp3) is 0.526. The number of urea groups is 1. The highest BCUT2D eigenvalue weighted by Gasteiger charge is 2.40. The molecule has 2 amide bonds. The number of furan rings is 1. The van der Waals surface area contributed by atoms with Crippen LogP contribution in [0.4, 0.5) is 10.5 Å². The maximum atomic E-state index is 12.9. The van der Waals surface area contributed by atoms with Crippen LogP contribution in [-0.2, 0) is 9.47 Å². The first kappa shape index (κ1) is 16.4. The molecule has 2 aliphatic rings. The van der Waals surface area contributed by atoms with E-state index < -0.39 is 0 Å². The van der Waals surface area contributed by atoms with E-state index >= 15 is 0 Å². The van der Waals surface area contributed by atoms with Gasteiger partial charge in [-0.2, -0.15) is 0 Å². The largest absolute Gasteiger partial charge is 0.464 e. The second kappa shape index (κ2) is 7.06. The quantitative estimate of drug-likeness (QED) is 0.926. The second-order valence-corrected chi connectivity index (χ2v) is 6.81. The third kappa shape index (κ3) is 3.24. The molecule has 1 N–H and O–H groups in total. The minimum absolute atomic E-state index is 0.0635. The lowest BCUT2D eigenvalue weighted by Crippen LogP contribution is -2.55. The standard InChI is InChI=1S/C19H24N2O4/c1-23-17-4-2-3-15(17)16-12-24-10-8-21(16)19(22)20-14-6-5-13-7-9-25-18(13)11-14/h5-7,9,11,15-17H,2-4,8,10,12H2,1H3,(H,20,22)/t15-,16-,17-/m1/s1. The van der Waals surface area contributed by atoms with Gasteiger partial charge in [0, 0.05) is 36.7 Å². The van der Waals surface area contributed by atoms with Gasteiger partial charge < -0.3 is 24.1 Å². The molecular formula is C19H24N2O4. The van der Waals surface area contributed by atoms with Crippen LogP contribution in [0.25, 0.3) is 11.0 Å². The molecule has 0 unspecified atom stereocenters. The predicted molar refractivity (Wildman–Crippen MR) is 94.7 cm³/mol. The molecule has 134 valence electrons. The smallest absolute Gasteiger partial charge is 0.322 e. The number of methoxy groups -OCH3 is 1. The van der Waals surface area contributed by atoms with Crippen molar-refractivity contribution in [3.8, 4) is 0 Å². The van der Waals surface area contributed by atoms with Crippen molar-refractivity contribution in [1.82, 2.24) is 4.90 Å². The van der Waals surface area contributed by atoms with E-state index in [0.29, 0.717) is 25.7 Å². The number of hydrogen-bond donors (Lipinski definition) is 1. The Morgan fingerprint density at radius 3 is 3.12 bits per heavy atom. The summed E-state index contributed by atoms with van der Waals surface area (Å²) in [5, 5.41) is 4.03. The lowest BCUT2D eigenvalue weighted by Gasteiger charge is -2.40. The highest BCUT2D eigenvalue weighted by Crippen LogP contribution is 2.34. The summed E-state index contributed by atoms with van der Waals surface area (Å²) in [7, 11) is 1.76. The molecule has 1 aromatic carbocycles. The van der Waals surface area contributed by atoms with Gasteiger partial charge in [0.2, 0.25) is 0 Å². The number of carbonyl (C=O) groups excluding carboxylic acids is 1. The fourth-order valence-corrected chi connectivity index (χ4v) is 4.14. The number of morpholine rings is 1. The van der Waals surface area contributed by atoms with Crippen molar-refractivity contribution in [2.75, 3.05) is 32.2 Å². The Morgan fingerprint density at radius 1 is 1.32 bits per heavy atom.